The Kier molecular flexibility index (Phi) is 4.39. The molecule has 0 saturated heterocycles. The zero-order valence-electron chi connectivity index (χ0n) is 10.3. The van der Waals surface area contributed by atoms with E-state index < -0.39 is 7.12 Å². The zero-order valence-corrected chi connectivity index (χ0v) is 10.3. The number of benzene rings is 1. The maximum absolute atomic E-state index is 12.0. The second-order valence-corrected chi connectivity index (χ2v) is 4.81. The van der Waals surface area contributed by atoms with Gasteiger partial charge in [0.2, 0.25) is 0 Å². The Morgan fingerprint density at radius 3 is 2.61 bits per heavy atom. The van der Waals surface area contributed by atoms with Crippen LogP contribution in [-0.2, 0) is 0 Å². The lowest BCUT2D eigenvalue weighted by Gasteiger charge is -2.22. The molecule has 0 spiro atoms. The number of carbonyl (C=O) groups is 1. The minimum absolute atomic E-state index is 0.135. The molecule has 0 unspecified atom stereocenters. The third-order valence-electron chi connectivity index (χ3n) is 3.39. The number of amides is 1. The summed E-state index contributed by atoms with van der Waals surface area (Å²) in [4.78, 5) is 12.0. The fourth-order valence-electron chi connectivity index (χ4n) is 2.36. The molecule has 5 heteroatoms. The summed E-state index contributed by atoms with van der Waals surface area (Å²) in [7, 11) is -1.53. The van der Waals surface area contributed by atoms with Gasteiger partial charge < -0.3 is 15.4 Å². The van der Waals surface area contributed by atoms with Crippen LogP contribution in [-0.4, -0.2) is 29.1 Å². The van der Waals surface area contributed by atoms with Crippen molar-refractivity contribution in [3.63, 3.8) is 0 Å². The van der Waals surface area contributed by atoms with E-state index in [1.165, 1.54) is 25.3 Å². The maximum Gasteiger partial charge on any atom is 0.488 e. The van der Waals surface area contributed by atoms with Crippen molar-refractivity contribution in [2.24, 2.45) is 0 Å². The summed E-state index contributed by atoms with van der Waals surface area (Å²) in [5.74, 6) is -0.135. The molecule has 0 heterocycles. The highest BCUT2D eigenvalue weighted by Crippen LogP contribution is 2.17. The van der Waals surface area contributed by atoms with Gasteiger partial charge in [0.15, 0.2) is 0 Å². The topological polar surface area (TPSA) is 69.6 Å². The smallest absolute Gasteiger partial charge is 0.423 e. The fourth-order valence-corrected chi connectivity index (χ4v) is 2.36. The predicted octanol–water partition coefficient (Wildman–Crippen LogP) is 0.429. The van der Waals surface area contributed by atoms with Crippen LogP contribution in [0.2, 0.25) is 0 Å². The van der Waals surface area contributed by atoms with Gasteiger partial charge >= 0.3 is 7.12 Å². The van der Waals surface area contributed by atoms with Crippen molar-refractivity contribution in [1.82, 2.24) is 5.32 Å². The van der Waals surface area contributed by atoms with E-state index in [2.05, 4.69) is 5.32 Å². The van der Waals surface area contributed by atoms with Gasteiger partial charge in [0.1, 0.15) is 0 Å². The third kappa shape index (κ3) is 3.34. The van der Waals surface area contributed by atoms with E-state index in [9.17, 15) is 4.79 Å². The molecule has 18 heavy (non-hydrogen) atoms. The summed E-state index contributed by atoms with van der Waals surface area (Å²) in [5.41, 5.74) is 0.817. The van der Waals surface area contributed by atoms with Crippen LogP contribution in [0.5, 0.6) is 0 Å². The van der Waals surface area contributed by atoms with Gasteiger partial charge in [-0.05, 0) is 30.4 Å². The van der Waals surface area contributed by atoms with E-state index in [4.69, 9.17) is 10.0 Å². The number of rotatable bonds is 3. The number of hydrogen-bond acceptors (Lipinski definition) is 3. The lowest BCUT2D eigenvalue weighted by molar-refractivity contribution is 0.0928. The molecule has 0 aromatic heterocycles. The Balaban J connectivity index is 2.01. The largest absolute Gasteiger partial charge is 0.488 e. The highest BCUT2D eigenvalue weighted by molar-refractivity contribution is 6.58. The van der Waals surface area contributed by atoms with Gasteiger partial charge in [-0.15, -0.1) is 0 Å². The average molecular weight is 247 g/mol. The summed E-state index contributed by atoms with van der Waals surface area (Å²) in [6.07, 6.45) is 5.65. The molecule has 1 saturated carbocycles. The third-order valence-corrected chi connectivity index (χ3v) is 3.39. The van der Waals surface area contributed by atoms with Crippen LogP contribution < -0.4 is 10.8 Å². The van der Waals surface area contributed by atoms with Crippen LogP contribution in [0, 0.1) is 0 Å². The molecule has 1 fully saturated rings. The second-order valence-electron chi connectivity index (χ2n) is 4.81. The van der Waals surface area contributed by atoms with E-state index in [1.54, 1.807) is 18.2 Å². The highest BCUT2D eigenvalue weighted by Gasteiger charge is 2.18. The highest BCUT2D eigenvalue weighted by atomic mass is 16.4. The van der Waals surface area contributed by atoms with Gasteiger partial charge in [-0.2, -0.15) is 0 Å². The molecule has 0 aliphatic heterocycles. The molecule has 1 aliphatic carbocycles. The van der Waals surface area contributed by atoms with E-state index in [-0.39, 0.29) is 11.9 Å². The van der Waals surface area contributed by atoms with Gasteiger partial charge in [0.05, 0.1) is 0 Å². The Labute approximate surface area is 107 Å². The first-order valence-electron chi connectivity index (χ1n) is 6.44. The molecule has 1 aliphatic rings. The first kappa shape index (κ1) is 13.1. The summed E-state index contributed by atoms with van der Waals surface area (Å²) < 4.78 is 0. The van der Waals surface area contributed by atoms with Gasteiger partial charge in [-0.25, -0.2) is 0 Å². The van der Waals surface area contributed by atoms with Crippen molar-refractivity contribution in [2.45, 2.75) is 38.1 Å². The van der Waals surface area contributed by atoms with Gasteiger partial charge in [-0.1, -0.05) is 31.4 Å². The zero-order chi connectivity index (χ0) is 13.0. The summed E-state index contributed by atoms with van der Waals surface area (Å²) in [5, 5.41) is 21.1. The lowest BCUT2D eigenvalue weighted by atomic mass is 9.79. The molecule has 0 atom stereocenters. The Morgan fingerprint density at radius 2 is 1.94 bits per heavy atom. The SMILES string of the molecule is O=C(NC1CCCCC1)c1cccc(B(O)O)c1. The van der Waals surface area contributed by atoms with E-state index in [0.717, 1.165) is 12.8 Å². The van der Waals surface area contributed by atoms with Gasteiger partial charge in [0, 0.05) is 11.6 Å². The Morgan fingerprint density at radius 1 is 1.22 bits per heavy atom. The van der Waals surface area contributed by atoms with Crippen molar-refractivity contribution < 1.29 is 14.8 Å². The maximum atomic E-state index is 12.0. The first-order valence-corrected chi connectivity index (χ1v) is 6.44. The van der Waals surface area contributed by atoms with E-state index in [1.807, 2.05) is 0 Å². The molecule has 1 aromatic rings. The monoisotopic (exact) mass is 247 g/mol. The molecule has 3 N–H and O–H groups in total. The molecule has 96 valence electrons. The summed E-state index contributed by atoms with van der Waals surface area (Å²) >= 11 is 0. The van der Waals surface area contributed by atoms with E-state index >= 15 is 0 Å². The normalized spacial score (nSPS) is 16.3. The van der Waals surface area contributed by atoms with Gasteiger partial charge in [0.25, 0.3) is 5.91 Å². The van der Waals surface area contributed by atoms with Crippen molar-refractivity contribution in [3.05, 3.63) is 29.8 Å². The molecule has 0 bridgehead atoms. The van der Waals surface area contributed by atoms with Crippen LogP contribution in [0.15, 0.2) is 24.3 Å². The summed E-state index contributed by atoms with van der Waals surface area (Å²) in [6.45, 7) is 0. The fraction of sp³-hybridized carbons (Fsp3) is 0.462. The summed E-state index contributed by atoms with van der Waals surface area (Å²) in [6, 6.07) is 6.70. The standard InChI is InChI=1S/C13H18BNO3/c16-13(15-12-7-2-1-3-8-12)10-5-4-6-11(9-10)14(17)18/h4-6,9,12,17-18H,1-3,7-8H2,(H,15,16). The number of hydrogen-bond donors (Lipinski definition) is 3. The average Bonchev–Trinajstić information content (AvgIpc) is 2.40. The molecular weight excluding hydrogens is 229 g/mol. The second kappa shape index (κ2) is 6.02. The molecule has 0 radical (unpaired) electrons. The van der Waals surface area contributed by atoms with Crippen molar-refractivity contribution in [1.29, 1.82) is 0 Å². The number of carbonyl (C=O) groups excluding carboxylic acids is 1. The van der Waals surface area contributed by atoms with Crippen LogP contribution in [0.3, 0.4) is 0 Å². The van der Waals surface area contributed by atoms with Crippen molar-refractivity contribution >= 4 is 18.5 Å². The van der Waals surface area contributed by atoms with Crippen molar-refractivity contribution in [2.75, 3.05) is 0 Å². The number of nitrogens with one attached hydrogen (secondary N) is 1. The van der Waals surface area contributed by atoms with Crippen LogP contribution >= 0.6 is 0 Å². The van der Waals surface area contributed by atoms with Gasteiger partial charge in [-0.3, -0.25) is 4.79 Å². The Hall–Kier alpha value is -1.33. The predicted molar refractivity (Wildman–Crippen MR) is 70.6 cm³/mol. The Bertz CT molecular complexity index is 416. The molecule has 4 nitrogen and oxygen atoms in total. The van der Waals surface area contributed by atoms with Crippen LogP contribution in [0.4, 0.5) is 0 Å². The quantitative estimate of drug-likeness (QED) is 0.678. The first-order chi connectivity index (χ1) is 8.66. The van der Waals surface area contributed by atoms with Crippen LogP contribution in [0.1, 0.15) is 42.5 Å². The molecular formula is C13H18BNO3. The molecule has 1 amide bonds. The molecule has 2 rings (SSSR count). The van der Waals surface area contributed by atoms with E-state index in [0.29, 0.717) is 11.0 Å². The molecule has 1 aromatic carbocycles. The minimum atomic E-state index is -1.53. The lowest BCUT2D eigenvalue weighted by Crippen LogP contribution is -2.37. The minimum Gasteiger partial charge on any atom is -0.423 e. The van der Waals surface area contributed by atoms with Crippen LogP contribution in [0.25, 0.3) is 0 Å². The van der Waals surface area contributed by atoms with Crippen molar-refractivity contribution in [3.8, 4) is 0 Å².